The predicted molar refractivity (Wildman–Crippen MR) is 68.2 cm³/mol. The molecule has 3 nitrogen and oxygen atoms in total. The van der Waals surface area contributed by atoms with Gasteiger partial charge in [0, 0.05) is 25.3 Å². The first-order valence-corrected chi connectivity index (χ1v) is 6.37. The van der Waals surface area contributed by atoms with E-state index in [1.807, 2.05) is 4.90 Å². The third-order valence-corrected chi connectivity index (χ3v) is 3.76. The van der Waals surface area contributed by atoms with Crippen molar-refractivity contribution in [3.8, 4) is 0 Å². The highest BCUT2D eigenvalue weighted by Gasteiger charge is 2.32. The molecule has 0 aromatic heterocycles. The Labute approximate surface area is 102 Å². The van der Waals surface area contributed by atoms with E-state index >= 15 is 0 Å². The molecule has 2 aliphatic heterocycles. The normalized spacial score (nSPS) is 19.7. The molecule has 0 spiro atoms. The highest BCUT2D eigenvalue weighted by molar-refractivity contribution is 5.97. The lowest BCUT2D eigenvalue weighted by atomic mass is 9.96. The molecule has 17 heavy (non-hydrogen) atoms. The third-order valence-electron chi connectivity index (χ3n) is 3.76. The fraction of sp³-hybridized carbons (Fsp3) is 0.500. The molecular weight excluding hydrogens is 212 g/mol. The summed E-state index contributed by atoms with van der Waals surface area (Å²) >= 11 is 0. The SMILES string of the molecule is Cc1ccc2c(c1)N(C(=O)C1CNC1)CCC2. The Balaban J connectivity index is 1.92. The van der Waals surface area contributed by atoms with Gasteiger partial charge in [-0.1, -0.05) is 12.1 Å². The van der Waals surface area contributed by atoms with Gasteiger partial charge >= 0.3 is 0 Å². The number of aryl methyl sites for hydroxylation is 2. The Morgan fingerprint density at radius 2 is 2.24 bits per heavy atom. The average Bonchev–Trinajstić information content (AvgIpc) is 2.25. The van der Waals surface area contributed by atoms with Gasteiger partial charge in [-0.3, -0.25) is 4.79 Å². The van der Waals surface area contributed by atoms with Crippen LogP contribution < -0.4 is 10.2 Å². The molecule has 3 rings (SSSR count). The number of fused-ring (bicyclic) bond motifs is 1. The van der Waals surface area contributed by atoms with Gasteiger partial charge in [0.1, 0.15) is 0 Å². The first-order valence-electron chi connectivity index (χ1n) is 6.37. The second-order valence-electron chi connectivity index (χ2n) is 5.08. The van der Waals surface area contributed by atoms with Crippen LogP contribution in [0.4, 0.5) is 5.69 Å². The van der Waals surface area contributed by atoms with Crippen molar-refractivity contribution in [1.29, 1.82) is 0 Å². The van der Waals surface area contributed by atoms with Crippen molar-refractivity contribution < 1.29 is 4.79 Å². The van der Waals surface area contributed by atoms with Gasteiger partial charge in [0.2, 0.25) is 5.91 Å². The van der Waals surface area contributed by atoms with Crippen LogP contribution in [-0.4, -0.2) is 25.5 Å². The van der Waals surface area contributed by atoms with Crippen molar-refractivity contribution in [2.24, 2.45) is 5.92 Å². The standard InChI is InChI=1S/C14H18N2O/c1-10-4-5-11-3-2-6-16(13(11)7-10)14(17)12-8-15-9-12/h4-5,7,12,15H,2-3,6,8-9H2,1H3. The molecule has 1 N–H and O–H groups in total. The molecule has 3 heteroatoms. The van der Waals surface area contributed by atoms with Gasteiger partial charge in [-0.2, -0.15) is 0 Å². The van der Waals surface area contributed by atoms with Crippen LogP contribution in [0.5, 0.6) is 0 Å². The Morgan fingerprint density at radius 1 is 1.41 bits per heavy atom. The van der Waals surface area contributed by atoms with E-state index in [9.17, 15) is 4.79 Å². The molecule has 0 aliphatic carbocycles. The number of carbonyl (C=O) groups is 1. The second-order valence-corrected chi connectivity index (χ2v) is 5.08. The highest BCUT2D eigenvalue weighted by Crippen LogP contribution is 2.29. The van der Waals surface area contributed by atoms with Crippen LogP contribution in [0.3, 0.4) is 0 Å². The van der Waals surface area contributed by atoms with Crippen LogP contribution in [0.1, 0.15) is 17.5 Å². The Morgan fingerprint density at radius 3 is 2.94 bits per heavy atom. The van der Waals surface area contributed by atoms with Crippen LogP contribution >= 0.6 is 0 Å². The minimum Gasteiger partial charge on any atom is -0.315 e. The summed E-state index contributed by atoms with van der Waals surface area (Å²) in [5.41, 5.74) is 3.70. The van der Waals surface area contributed by atoms with E-state index < -0.39 is 0 Å². The van der Waals surface area contributed by atoms with Gasteiger partial charge in [0.15, 0.2) is 0 Å². The second kappa shape index (κ2) is 4.15. The smallest absolute Gasteiger partial charge is 0.232 e. The van der Waals surface area contributed by atoms with Crippen molar-refractivity contribution >= 4 is 11.6 Å². The topological polar surface area (TPSA) is 32.3 Å². The molecular formula is C14H18N2O. The quantitative estimate of drug-likeness (QED) is 0.793. The first-order chi connectivity index (χ1) is 8.25. The zero-order chi connectivity index (χ0) is 11.8. The molecule has 1 saturated heterocycles. The lowest BCUT2D eigenvalue weighted by Gasteiger charge is -2.35. The molecule has 1 fully saturated rings. The molecule has 2 aliphatic rings. The molecule has 0 unspecified atom stereocenters. The Bertz CT molecular complexity index is 452. The summed E-state index contributed by atoms with van der Waals surface area (Å²) in [6, 6.07) is 6.46. The van der Waals surface area contributed by atoms with Gasteiger partial charge in [0.05, 0.1) is 5.92 Å². The van der Waals surface area contributed by atoms with Gasteiger partial charge in [-0.15, -0.1) is 0 Å². The molecule has 0 saturated carbocycles. The maximum absolute atomic E-state index is 12.3. The van der Waals surface area contributed by atoms with Crippen molar-refractivity contribution in [1.82, 2.24) is 5.32 Å². The number of amides is 1. The van der Waals surface area contributed by atoms with Gasteiger partial charge in [-0.25, -0.2) is 0 Å². The number of nitrogens with one attached hydrogen (secondary N) is 1. The lowest BCUT2D eigenvalue weighted by Crippen LogP contribution is -2.53. The first kappa shape index (κ1) is 10.8. The van der Waals surface area contributed by atoms with E-state index in [2.05, 4.69) is 30.4 Å². The summed E-state index contributed by atoms with van der Waals surface area (Å²) in [6.45, 7) is 4.65. The molecule has 1 aromatic rings. The summed E-state index contributed by atoms with van der Waals surface area (Å²) in [4.78, 5) is 14.3. The van der Waals surface area contributed by atoms with E-state index in [0.29, 0.717) is 5.91 Å². The Hall–Kier alpha value is -1.35. The number of hydrogen-bond acceptors (Lipinski definition) is 2. The summed E-state index contributed by atoms with van der Waals surface area (Å²) in [5.74, 6) is 0.497. The molecule has 90 valence electrons. The number of benzene rings is 1. The summed E-state index contributed by atoms with van der Waals surface area (Å²) in [7, 11) is 0. The summed E-state index contributed by atoms with van der Waals surface area (Å²) in [6.07, 6.45) is 2.18. The summed E-state index contributed by atoms with van der Waals surface area (Å²) in [5, 5.41) is 3.17. The number of anilines is 1. The van der Waals surface area contributed by atoms with Crippen molar-refractivity contribution in [2.45, 2.75) is 19.8 Å². The van der Waals surface area contributed by atoms with Crippen LogP contribution in [-0.2, 0) is 11.2 Å². The van der Waals surface area contributed by atoms with E-state index in [1.54, 1.807) is 0 Å². The highest BCUT2D eigenvalue weighted by atomic mass is 16.2. The van der Waals surface area contributed by atoms with E-state index in [0.717, 1.165) is 38.2 Å². The van der Waals surface area contributed by atoms with E-state index in [4.69, 9.17) is 0 Å². The molecule has 0 bridgehead atoms. The number of nitrogens with zero attached hydrogens (tertiary/aromatic N) is 1. The van der Waals surface area contributed by atoms with Crippen LogP contribution in [0, 0.1) is 12.8 Å². The van der Waals surface area contributed by atoms with Gasteiger partial charge in [0.25, 0.3) is 0 Å². The third kappa shape index (κ3) is 1.84. The molecule has 0 radical (unpaired) electrons. The molecule has 0 atom stereocenters. The monoisotopic (exact) mass is 230 g/mol. The molecule has 1 amide bonds. The Kier molecular flexibility index (Phi) is 2.63. The largest absolute Gasteiger partial charge is 0.315 e. The number of hydrogen-bond donors (Lipinski definition) is 1. The van der Waals surface area contributed by atoms with Crippen LogP contribution in [0.25, 0.3) is 0 Å². The zero-order valence-electron chi connectivity index (χ0n) is 10.2. The van der Waals surface area contributed by atoms with Gasteiger partial charge < -0.3 is 10.2 Å². The minimum atomic E-state index is 0.196. The average molecular weight is 230 g/mol. The maximum Gasteiger partial charge on any atom is 0.232 e. The number of rotatable bonds is 1. The van der Waals surface area contributed by atoms with Crippen LogP contribution in [0.2, 0.25) is 0 Å². The molecule has 1 aromatic carbocycles. The fourth-order valence-corrected chi connectivity index (χ4v) is 2.60. The lowest BCUT2D eigenvalue weighted by molar-refractivity contribution is -0.123. The number of carbonyl (C=O) groups excluding carboxylic acids is 1. The van der Waals surface area contributed by atoms with Crippen LogP contribution in [0.15, 0.2) is 18.2 Å². The predicted octanol–water partition coefficient (Wildman–Crippen LogP) is 1.49. The van der Waals surface area contributed by atoms with E-state index in [1.165, 1.54) is 11.1 Å². The van der Waals surface area contributed by atoms with Crippen molar-refractivity contribution in [2.75, 3.05) is 24.5 Å². The maximum atomic E-state index is 12.3. The summed E-state index contributed by atoms with van der Waals surface area (Å²) < 4.78 is 0. The zero-order valence-corrected chi connectivity index (χ0v) is 10.2. The van der Waals surface area contributed by atoms with Gasteiger partial charge in [-0.05, 0) is 37.0 Å². The minimum absolute atomic E-state index is 0.196. The van der Waals surface area contributed by atoms with E-state index in [-0.39, 0.29) is 5.92 Å². The van der Waals surface area contributed by atoms with Crippen molar-refractivity contribution in [3.63, 3.8) is 0 Å². The fourth-order valence-electron chi connectivity index (χ4n) is 2.60. The van der Waals surface area contributed by atoms with Crippen molar-refractivity contribution in [3.05, 3.63) is 29.3 Å². The molecule has 2 heterocycles.